The first-order valence-electron chi connectivity index (χ1n) is 12.3. The lowest BCUT2D eigenvalue weighted by Crippen LogP contribution is -2.28. The lowest BCUT2D eigenvalue weighted by molar-refractivity contribution is 0.372. The molecule has 0 unspecified atom stereocenters. The summed E-state index contributed by atoms with van der Waals surface area (Å²) < 4.78 is 15.4. The fraction of sp³-hybridized carbons (Fsp3) is 0.241. The van der Waals surface area contributed by atoms with Gasteiger partial charge in [-0.1, -0.05) is 36.4 Å². The van der Waals surface area contributed by atoms with Gasteiger partial charge in [-0.25, -0.2) is 9.37 Å². The molecule has 6 rings (SSSR count). The smallest absolute Gasteiger partial charge is 0.137 e. The highest BCUT2D eigenvalue weighted by molar-refractivity contribution is 5.95. The Kier molecular flexibility index (Phi) is 5.88. The van der Waals surface area contributed by atoms with Crippen LogP contribution in [0.25, 0.3) is 33.3 Å². The molecule has 0 saturated carbocycles. The highest BCUT2D eigenvalue weighted by atomic mass is 19.1. The van der Waals surface area contributed by atoms with Crippen LogP contribution in [0.2, 0.25) is 0 Å². The summed E-state index contributed by atoms with van der Waals surface area (Å²) in [7, 11) is 0. The van der Waals surface area contributed by atoms with E-state index in [1.54, 1.807) is 12.1 Å². The van der Waals surface area contributed by atoms with Gasteiger partial charge in [0.15, 0.2) is 0 Å². The average molecular weight is 466 g/mol. The molecule has 2 N–H and O–H groups in total. The summed E-state index contributed by atoms with van der Waals surface area (Å²) in [6, 6.07) is 17.8. The van der Waals surface area contributed by atoms with E-state index in [1.165, 1.54) is 30.0 Å². The number of piperidine rings is 1. The molecule has 35 heavy (non-hydrogen) atoms. The fourth-order valence-corrected chi connectivity index (χ4v) is 5.06. The number of benzene rings is 2. The van der Waals surface area contributed by atoms with Gasteiger partial charge in [0.2, 0.25) is 0 Å². The van der Waals surface area contributed by atoms with E-state index < -0.39 is 0 Å². The Morgan fingerprint density at radius 3 is 2.60 bits per heavy atom. The predicted molar refractivity (Wildman–Crippen MR) is 138 cm³/mol. The Balaban J connectivity index is 1.23. The Bertz CT molecular complexity index is 1440. The van der Waals surface area contributed by atoms with Crippen molar-refractivity contribution in [3.63, 3.8) is 0 Å². The van der Waals surface area contributed by atoms with Crippen LogP contribution in [0.3, 0.4) is 0 Å². The first-order valence-corrected chi connectivity index (χ1v) is 12.3. The first kappa shape index (κ1) is 21.7. The highest BCUT2D eigenvalue weighted by Crippen LogP contribution is 2.31. The Morgan fingerprint density at radius 2 is 1.77 bits per heavy atom. The zero-order chi connectivity index (χ0) is 23.6. The molecule has 5 aromatic rings. The van der Waals surface area contributed by atoms with Crippen molar-refractivity contribution in [1.29, 1.82) is 0 Å². The van der Waals surface area contributed by atoms with Crippen molar-refractivity contribution in [2.45, 2.75) is 25.8 Å². The van der Waals surface area contributed by atoms with Gasteiger partial charge in [0.05, 0.1) is 12.7 Å². The van der Waals surface area contributed by atoms with Crippen LogP contribution in [0.1, 0.15) is 24.0 Å². The van der Waals surface area contributed by atoms with Crippen LogP contribution in [-0.2, 0) is 13.0 Å². The topological polar surface area (TPSA) is 58.5 Å². The van der Waals surface area contributed by atoms with E-state index in [-0.39, 0.29) is 5.82 Å². The minimum absolute atomic E-state index is 0.232. The van der Waals surface area contributed by atoms with Gasteiger partial charge in [0.1, 0.15) is 11.5 Å². The summed E-state index contributed by atoms with van der Waals surface area (Å²) in [6.07, 6.45) is 11.4. The molecule has 0 aliphatic carbocycles. The summed E-state index contributed by atoms with van der Waals surface area (Å²) >= 11 is 0. The molecule has 1 fully saturated rings. The van der Waals surface area contributed by atoms with Gasteiger partial charge in [0.25, 0.3) is 0 Å². The largest absolute Gasteiger partial charge is 0.346 e. The first-order chi connectivity index (χ1) is 17.2. The minimum atomic E-state index is -0.232. The van der Waals surface area contributed by atoms with Gasteiger partial charge in [-0.05, 0) is 73.2 Å². The van der Waals surface area contributed by atoms with Crippen LogP contribution in [0.15, 0.2) is 79.4 Å². The maximum atomic E-state index is 13.5. The van der Waals surface area contributed by atoms with Crippen LogP contribution in [-0.4, -0.2) is 32.8 Å². The van der Waals surface area contributed by atoms with Gasteiger partial charge in [-0.15, -0.1) is 0 Å². The number of hydrogen-bond acceptors (Lipinski definition) is 3. The molecule has 5 nitrogen and oxygen atoms in total. The second kappa shape index (κ2) is 9.47. The molecule has 1 aliphatic rings. The molecular formula is C29H28FN5. The second-order valence-electron chi connectivity index (χ2n) is 9.47. The molecule has 2 aromatic carbocycles. The molecule has 0 radical (unpaired) electrons. The lowest BCUT2D eigenvalue weighted by Gasteiger charge is -2.22. The number of aromatic amines is 1. The van der Waals surface area contributed by atoms with Crippen LogP contribution in [0.5, 0.6) is 0 Å². The van der Waals surface area contributed by atoms with Gasteiger partial charge >= 0.3 is 0 Å². The van der Waals surface area contributed by atoms with Gasteiger partial charge in [-0.2, -0.15) is 5.10 Å². The van der Waals surface area contributed by atoms with Crippen LogP contribution in [0, 0.1) is 11.7 Å². The molecule has 3 aromatic heterocycles. The molecule has 4 heterocycles. The van der Waals surface area contributed by atoms with E-state index in [0.717, 1.165) is 58.7 Å². The van der Waals surface area contributed by atoms with Crippen molar-refractivity contribution in [3.05, 3.63) is 96.3 Å². The van der Waals surface area contributed by atoms with Crippen molar-refractivity contribution < 1.29 is 4.39 Å². The third-order valence-electron chi connectivity index (χ3n) is 6.98. The van der Waals surface area contributed by atoms with Gasteiger partial charge < -0.3 is 10.3 Å². The molecular weight excluding hydrogens is 437 g/mol. The van der Waals surface area contributed by atoms with E-state index in [1.807, 2.05) is 35.5 Å². The van der Waals surface area contributed by atoms with Crippen molar-refractivity contribution in [2.75, 3.05) is 13.1 Å². The number of pyridine rings is 1. The number of hydrogen-bond donors (Lipinski definition) is 2. The SMILES string of the molecule is Fc1cccc(Cn2cc(-c3c[nH]c4ncc(-c5ccc(CC6CCNCC6)cc5)cc34)cn2)c1. The third kappa shape index (κ3) is 4.75. The van der Waals surface area contributed by atoms with Crippen molar-refractivity contribution >= 4 is 11.0 Å². The summed E-state index contributed by atoms with van der Waals surface area (Å²) in [5.41, 5.74) is 7.46. The highest BCUT2D eigenvalue weighted by Gasteiger charge is 2.14. The van der Waals surface area contributed by atoms with Gasteiger partial charge in [-0.3, -0.25) is 4.68 Å². The molecule has 0 atom stereocenters. The lowest BCUT2D eigenvalue weighted by atomic mass is 9.90. The summed E-state index contributed by atoms with van der Waals surface area (Å²) in [4.78, 5) is 7.96. The van der Waals surface area contributed by atoms with Crippen molar-refractivity contribution in [1.82, 2.24) is 25.1 Å². The normalized spacial score (nSPS) is 14.5. The number of H-pyrrole nitrogens is 1. The maximum absolute atomic E-state index is 13.5. The standard InChI is InChI=1S/C29H28FN5/c30-26-3-1-2-22(13-26)18-35-19-25(16-34-35)28-17-33-29-27(28)14-24(15-32-29)23-6-4-20(5-7-23)12-21-8-10-31-11-9-21/h1-7,13-17,19,21,31H,8-12,18H2,(H,32,33). The fourth-order valence-electron chi connectivity index (χ4n) is 5.06. The van der Waals surface area contributed by atoms with E-state index in [2.05, 4.69) is 50.7 Å². The van der Waals surface area contributed by atoms with Crippen molar-refractivity contribution in [2.24, 2.45) is 5.92 Å². The van der Waals surface area contributed by atoms with Crippen molar-refractivity contribution in [3.8, 4) is 22.3 Å². The minimum Gasteiger partial charge on any atom is -0.346 e. The van der Waals surface area contributed by atoms with Crippen LogP contribution in [0.4, 0.5) is 4.39 Å². The number of fused-ring (bicyclic) bond motifs is 1. The van der Waals surface area contributed by atoms with Gasteiger partial charge in [0, 0.05) is 40.7 Å². The van der Waals surface area contributed by atoms with E-state index in [0.29, 0.717) is 6.54 Å². The Labute approximate surface area is 204 Å². The van der Waals surface area contributed by atoms with E-state index >= 15 is 0 Å². The molecule has 0 bridgehead atoms. The third-order valence-corrected chi connectivity index (χ3v) is 6.98. The summed E-state index contributed by atoms with van der Waals surface area (Å²) in [6.45, 7) is 2.79. The number of rotatable bonds is 6. The predicted octanol–water partition coefficient (Wildman–Crippen LogP) is 5.82. The second-order valence-corrected chi connectivity index (χ2v) is 9.47. The van der Waals surface area contributed by atoms with E-state index in [4.69, 9.17) is 0 Å². The van der Waals surface area contributed by atoms with Crippen LogP contribution < -0.4 is 5.32 Å². The molecule has 176 valence electrons. The number of aromatic nitrogens is 4. The quantitative estimate of drug-likeness (QED) is 0.332. The zero-order valence-corrected chi connectivity index (χ0v) is 19.5. The number of halogens is 1. The van der Waals surface area contributed by atoms with E-state index in [9.17, 15) is 4.39 Å². The average Bonchev–Trinajstić information content (AvgIpc) is 3.51. The maximum Gasteiger partial charge on any atom is 0.137 e. The summed E-state index contributed by atoms with van der Waals surface area (Å²) in [5.74, 6) is 0.550. The Hall–Kier alpha value is -3.77. The number of nitrogens with one attached hydrogen (secondary N) is 2. The molecule has 0 spiro atoms. The van der Waals surface area contributed by atoms with Crippen LogP contribution >= 0.6 is 0 Å². The molecule has 6 heteroatoms. The number of nitrogens with zero attached hydrogens (tertiary/aromatic N) is 3. The monoisotopic (exact) mass is 465 g/mol. The zero-order valence-electron chi connectivity index (χ0n) is 19.5. The molecule has 1 aliphatic heterocycles. The Morgan fingerprint density at radius 1 is 0.914 bits per heavy atom. The summed E-state index contributed by atoms with van der Waals surface area (Å²) in [5, 5.41) is 9.01. The molecule has 1 saturated heterocycles. The molecule has 0 amide bonds.